The summed E-state index contributed by atoms with van der Waals surface area (Å²) in [5, 5.41) is 2.73. The van der Waals surface area contributed by atoms with Crippen molar-refractivity contribution in [2.24, 2.45) is 10.7 Å². The Morgan fingerprint density at radius 1 is 1.14 bits per heavy atom. The molecule has 0 fully saturated rings. The summed E-state index contributed by atoms with van der Waals surface area (Å²) in [6.07, 6.45) is -0.325. The van der Waals surface area contributed by atoms with Gasteiger partial charge in [-0.05, 0) is 13.0 Å². The van der Waals surface area contributed by atoms with Gasteiger partial charge in [-0.3, -0.25) is 14.6 Å². The van der Waals surface area contributed by atoms with Crippen LogP contribution in [0.1, 0.15) is 31.4 Å². The fraction of sp³-hybridized carbons (Fsp3) is 0.318. The fourth-order valence-corrected chi connectivity index (χ4v) is 3.37. The minimum atomic E-state index is -0.806. The molecule has 1 amide bonds. The number of rotatable bonds is 5. The first-order valence-electron chi connectivity index (χ1n) is 9.48. The smallest absolute Gasteiger partial charge is 0.220 e. The number of benzene rings is 2. The number of aliphatic imine (C=N–C) groups is 1. The molecular formula is C22H26N4O2. The number of likely N-dealkylation sites (N-methyl/N-ethyl adjacent to an activating group) is 1. The van der Waals surface area contributed by atoms with Gasteiger partial charge in [0.05, 0.1) is 11.8 Å². The number of nitrogens with one attached hydrogen (secondary N) is 1. The lowest BCUT2D eigenvalue weighted by molar-refractivity contribution is -0.128. The third-order valence-corrected chi connectivity index (χ3v) is 5.04. The number of amides is 1. The number of ketones is 1. The normalized spacial score (nSPS) is 19.9. The first kappa shape index (κ1) is 19.8. The van der Waals surface area contributed by atoms with E-state index in [0.717, 1.165) is 22.5 Å². The molecule has 1 aliphatic rings. The van der Waals surface area contributed by atoms with Gasteiger partial charge in [0.2, 0.25) is 5.91 Å². The summed E-state index contributed by atoms with van der Waals surface area (Å²) in [4.78, 5) is 31.6. The van der Waals surface area contributed by atoms with Crippen LogP contribution >= 0.6 is 0 Å². The summed E-state index contributed by atoms with van der Waals surface area (Å²) < 4.78 is 0. The minimum Gasteiger partial charge on any atom is -0.356 e. The molecule has 0 bridgehead atoms. The van der Waals surface area contributed by atoms with E-state index in [2.05, 4.69) is 5.32 Å². The predicted molar refractivity (Wildman–Crippen MR) is 112 cm³/mol. The van der Waals surface area contributed by atoms with E-state index in [1.165, 1.54) is 0 Å². The van der Waals surface area contributed by atoms with E-state index in [4.69, 9.17) is 10.7 Å². The zero-order valence-electron chi connectivity index (χ0n) is 16.4. The van der Waals surface area contributed by atoms with Crippen molar-refractivity contribution in [1.82, 2.24) is 5.32 Å². The average molecular weight is 378 g/mol. The molecule has 2 aromatic rings. The van der Waals surface area contributed by atoms with E-state index in [1.54, 1.807) is 13.8 Å². The van der Waals surface area contributed by atoms with E-state index >= 15 is 0 Å². The molecule has 0 spiro atoms. The van der Waals surface area contributed by atoms with Gasteiger partial charge >= 0.3 is 0 Å². The van der Waals surface area contributed by atoms with E-state index in [1.807, 2.05) is 66.5 Å². The lowest BCUT2D eigenvalue weighted by Crippen LogP contribution is -2.54. The highest BCUT2D eigenvalue weighted by molar-refractivity contribution is 6.17. The topological polar surface area (TPSA) is 87.8 Å². The van der Waals surface area contributed by atoms with Crippen molar-refractivity contribution in [3.8, 4) is 0 Å². The fourth-order valence-electron chi connectivity index (χ4n) is 3.37. The predicted octanol–water partition coefficient (Wildman–Crippen LogP) is 2.11. The van der Waals surface area contributed by atoms with Crippen molar-refractivity contribution in [1.29, 1.82) is 0 Å². The van der Waals surface area contributed by atoms with Crippen molar-refractivity contribution in [2.75, 3.05) is 11.9 Å². The van der Waals surface area contributed by atoms with Gasteiger partial charge < -0.3 is 16.0 Å². The van der Waals surface area contributed by atoms with Gasteiger partial charge in [0.1, 0.15) is 12.2 Å². The quantitative estimate of drug-likeness (QED) is 0.834. The number of hydrogen-bond donors (Lipinski definition) is 2. The van der Waals surface area contributed by atoms with Crippen LogP contribution in [0.2, 0.25) is 0 Å². The Morgan fingerprint density at radius 3 is 2.46 bits per heavy atom. The highest BCUT2D eigenvalue weighted by atomic mass is 16.2. The molecule has 6 heteroatoms. The maximum atomic E-state index is 13.2. The minimum absolute atomic E-state index is 0.174. The maximum absolute atomic E-state index is 13.2. The van der Waals surface area contributed by atoms with E-state index in [0.29, 0.717) is 6.42 Å². The lowest BCUT2D eigenvalue weighted by Gasteiger charge is -2.30. The molecule has 3 rings (SSSR count). The maximum Gasteiger partial charge on any atom is 0.220 e. The Labute approximate surface area is 165 Å². The standard InChI is InChI=1S/C22H26N4O2/c1-4-18(27)24-14(2)21(28)20-22(23)26(3)17-13-9-8-12-16(17)19(25-20)15-10-6-5-7-11-15/h5-14,20,22H,4,23H2,1-3H3,(H,24,27)/t14?,20?,22-/m0/s1. The molecule has 2 aromatic carbocycles. The molecule has 6 nitrogen and oxygen atoms in total. The Hall–Kier alpha value is -2.99. The number of benzodiazepines with no additional fused rings is 1. The van der Waals surface area contributed by atoms with Gasteiger partial charge in [-0.15, -0.1) is 0 Å². The molecule has 0 radical (unpaired) electrons. The number of nitrogens with two attached hydrogens (primary N) is 1. The van der Waals surface area contributed by atoms with Crippen LogP contribution in [0, 0.1) is 0 Å². The zero-order valence-corrected chi connectivity index (χ0v) is 16.4. The second-order valence-electron chi connectivity index (χ2n) is 6.95. The van der Waals surface area contributed by atoms with Crippen LogP contribution in [0.5, 0.6) is 0 Å². The van der Waals surface area contributed by atoms with Gasteiger partial charge in [0, 0.05) is 30.3 Å². The summed E-state index contributed by atoms with van der Waals surface area (Å²) in [5.41, 5.74) is 9.95. The zero-order chi connectivity index (χ0) is 20.3. The highest BCUT2D eigenvalue weighted by Gasteiger charge is 2.35. The van der Waals surface area contributed by atoms with Gasteiger partial charge in [0.15, 0.2) is 5.78 Å². The highest BCUT2D eigenvalue weighted by Crippen LogP contribution is 2.29. The van der Waals surface area contributed by atoms with Gasteiger partial charge in [0.25, 0.3) is 0 Å². The molecule has 0 aromatic heterocycles. The van der Waals surface area contributed by atoms with Crippen molar-refractivity contribution < 1.29 is 9.59 Å². The average Bonchev–Trinajstić information content (AvgIpc) is 2.83. The molecule has 2 unspecified atom stereocenters. The molecule has 1 aliphatic heterocycles. The summed E-state index contributed by atoms with van der Waals surface area (Å²) in [6, 6.07) is 16.1. The van der Waals surface area contributed by atoms with Crippen molar-refractivity contribution in [3.05, 3.63) is 65.7 Å². The second kappa shape index (κ2) is 8.35. The largest absolute Gasteiger partial charge is 0.356 e. The summed E-state index contributed by atoms with van der Waals surface area (Å²) in [7, 11) is 1.86. The second-order valence-corrected chi connectivity index (χ2v) is 6.95. The van der Waals surface area contributed by atoms with Crippen molar-refractivity contribution in [2.45, 2.75) is 38.5 Å². The Bertz CT molecular complexity index is 894. The Kier molecular flexibility index (Phi) is 5.90. The SMILES string of the molecule is CCC(=O)NC(C)C(=O)C1N=C(c2ccccc2)c2ccccc2N(C)[C@@H]1N. The molecule has 1 heterocycles. The van der Waals surface area contributed by atoms with E-state index < -0.39 is 18.2 Å². The number of para-hydroxylation sites is 1. The summed E-state index contributed by atoms with van der Waals surface area (Å²) in [6.45, 7) is 3.43. The van der Waals surface area contributed by atoms with Crippen LogP contribution in [-0.4, -0.2) is 42.7 Å². The third kappa shape index (κ3) is 3.82. The molecule has 0 aliphatic carbocycles. The number of carbonyl (C=O) groups excluding carboxylic acids is 2. The van der Waals surface area contributed by atoms with Crippen LogP contribution in [0.15, 0.2) is 59.6 Å². The first-order valence-corrected chi connectivity index (χ1v) is 9.48. The number of hydrogen-bond acceptors (Lipinski definition) is 5. The molecule has 0 saturated carbocycles. The van der Waals surface area contributed by atoms with Crippen LogP contribution in [0.4, 0.5) is 5.69 Å². The summed E-state index contributed by atoms with van der Waals surface area (Å²) >= 11 is 0. The monoisotopic (exact) mass is 378 g/mol. The van der Waals surface area contributed by atoms with Crippen LogP contribution in [0.3, 0.4) is 0 Å². The number of anilines is 1. The first-order chi connectivity index (χ1) is 13.4. The number of fused-ring (bicyclic) bond motifs is 1. The lowest BCUT2D eigenvalue weighted by atomic mass is 10.00. The molecular weight excluding hydrogens is 352 g/mol. The molecule has 28 heavy (non-hydrogen) atoms. The van der Waals surface area contributed by atoms with E-state index in [-0.39, 0.29) is 11.7 Å². The summed E-state index contributed by atoms with van der Waals surface area (Å²) in [5.74, 6) is -0.380. The van der Waals surface area contributed by atoms with Gasteiger partial charge in [-0.2, -0.15) is 0 Å². The van der Waals surface area contributed by atoms with Crippen molar-refractivity contribution >= 4 is 23.1 Å². The third-order valence-electron chi connectivity index (χ3n) is 5.04. The van der Waals surface area contributed by atoms with Gasteiger partial charge in [-0.25, -0.2) is 0 Å². The van der Waals surface area contributed by atoms with Crippen LogP contribution in [-0.2, 0) is 9.59 Å². The Balaban J connectivity index is 2.08. The Morgan fingerprint density at radius 2 is 1.79 bits per heavy atom. The van der Waals surface area contributed by atoms with Crippen molar-refractivity contribution in [3.63, 3.8) is 0 Å². The van der Waals surface area contributed by atoms with E-state index in [9.17, 15) is 9.59 Å². The molecule has 0 saturated heterocycles. The van der Waals surface area contributed by atoms with Gasteiger partial charge in [-0.1, -0.05) is 55.5 Å². The number of carbonyl (C=O) groups is 2. The molecule has 3 atom stereocenters. The molecule has 146 valence electrons. The molecule has 3 N–H and O–H groups in total. The van der Waals surface area contributed by atoms with Crippen LogP contribution in [0.25, 0.3) is 0 Å². The van der Waals surface area contributed by atoms with Crippen LogP contribution < -0.4 is 16.0 Å². The number of Topliss-reactive ketones (excluding diaryl/α,β-unsaturated/α-hetero) is 1. The number of nitrogens with zero attached hydrogens (tertiary/aromatic N) is 2.